The van der Waals surface area contributed by atoms with Crippen molar-refractivity contribution in [1.29, 1.82) is 0 Å². The van der Waals surface area contributed by atoms with Crippen molar-refractivity contribution in [3.63, 3.8) is 0 Å². The summed E-state index contributed by atoms with van der Waals surface area (Å²) >= 11 is 0. The quantitative estimate of drug-likeness (QED) is 0.0155. The molecule has 1 aromatic heterocycles. The van der Waals surface area contributed by atoms with Crippen molar-refractivity contribution in [2.45, 2.75) is 135 Å². The predicted octanol–water partition coefficient (Wildman–Crippen LogP) is 6.90. The van der Waals surface area contributed by atoms with Crippen LogP contribution in [0.15, 0.2) is 126 Å². The zero-order chi connectivity index (χ0) is 63.7. The van der Waals surface area contributed by atoms with Gasteiger partial charge in [0.25, 0.3) is 0 Å². The molecule has 5 aromatic rings. The molecule has 0 saturated carbocycles. The third-order valence-corrected chi connectivity index (χ3v) is 16.6. The molecule has 4 aromatic carbocycles. The van der Waals surface area contributed by atoms with Gasteiger partial charge >= 0.3 is 37.3 Å². The van der Waals surface area contributed by atoms with E-state index < -0.39 is 129 Å². The standard InChI is InChI=1S/C62H77N4O21P/c1-38(2)66(39(3)4)88(73,80-34-32-76-31-33-77-60-59(83-43(8)70)58(82-42(7)69)57(81-41(6)68)52(84-60)37-78-40(5)67)87-51-35-54(65-30-29-53(63)64-61(65)72)85-56(51)55(50(71)36-79-49-19-15-12-16-20-49)86-62(44-17-13-11-14-18-44,45-21-25-47(74-9)26-22-45)46-23-27-48(75-10)28-24-46/h11-30,38-39,51-52,54-60H,31-37H2,1-10H3,(H2,63,64,72)/t51-,52+,54+,55?,56-,57+,58-,59+,60+,88?/m0/s1. The Kier molecular flexibility index (Phi) is 24.4. The lowest BCUT2D eigenvalue weighted by Gasteiger charge is -2.44. The number of nitrogens with zero attached hydrogens (tertiary/aromatic N) is 3. The van der Waals surface area contributed by atoms with Gasteiger partial charge in [-0.3, -0.25) is 37.6 Å². The maximum absolute atomic E-state index is 16.1. The molecular formula is C62H77N4O21P. The summed E-state index contributed by atoms with van der Waals surface area (Å²) in [5.41, 5.74) is 5.23. The van der Waals surface area contributed by atoms with Crippen LogP contribution in [0.3, 0.4) is 0 Å². The number of ketones is 1. The Hall–Kier alpha value is -7.58. The lowest BCUT2D eigenvalue weighted by molar-refractivity contribution is -0.309. The molecule has 0 radical (unpaired) electrons. The second kappa shape index (κ2) is 31.6. The zero-order valence-corrected chi connectivity index (χ0v) is 51.7. The van der Waals surface area contributed by atoms with Gasteiger partial charge in [0.1, 0.15) is 66.4 Å². The van der Waals surface area contributed by atoms with Gasteiger partial charge in [-0.2, -0.15) is 4.98 Å². The molecule has 26 heteroatoms. The maximum Gasteiger partial charge on any atom is 0.409 e. The highest BCUT2D eigenvalue weighted by Crippen LogP contribution is 2.58. The first-order valence-electron chi connectivity index (χ1n) is 28.5. The van der Waals surface area contributed by atoms with Crippen LogP contribution in [0, 0.1) is 0 Å². The number of para-hydroxylation sites is 1. The summed E-state index contributed by atoms with van der Waals surface area (Å²) < 4.78 is 104. The topological polar surface area (TPSA) is 296 Å². The number of anilines is 1. The van der Waals surface area contributed by atoms with Gasteiger partial charge in [-0.25, -0.2) is 14.0 Å². The van der Waals surface area contributed by atoms with Gasteiger partial charge < -0.3 is 62.6 Å². The second-order valence-electron chi connectivity index (χ2n) is 21.0. The fraction of sp³-hybridized carbons (Fsp3) is 0.468. The largest absolute Gasteiger partial charge is 0.497 e. The normalized spacial score (nSPS) is 21.2. The van der Waals surface area contributed by atoms with Crippen LogP contribution in [0.25, 0.3) is 0 Å². The molecule has 10 atom stereocenters. The Balaban J connectivity index is 1.24. The van der Waals surface area contributed by atoms with Crippen molar-refractivity contribution in [1.82, 2.24) is 14.2 Å². The molecule has 0 amide bonds. The second-order valence-corrected chi connectivity index (χ2v) is 22.9. The third-order valence-electron chi connectivity index (χ3n) is 14.0. The van der Waals surface area contributed by atoms with Gasteiger partial charge in [0.2, 0.25) is 5.78 Å². The van der Waals surface area contributed by atoms with E-state index in [0.29, 0.717) is 33.9 Å². The summed E-state index contributed by atoms with van der Waals surface area (Å²) in [6, 6.07) is 32.7. The van der Waals surface area contributed by atoms with E-state index in [2.05, 4.69) is 4.98 Å². The number of hydrogen-bond acceptors (Lipinski definition) is 23. The number of rotatable bonds is 31. The van der Waals surface area contributed by atoms with Gasteiger partial charge in [0, 0.05) is 52.4 Å². The molecule has 7 rings (SSSR count). The van der Waals surface area contributed by atoms with E-state index in [1.807, 2.05) is 54.6 Å². The number of nitrogen functional groups attached to an aromatic ring is 1. The monoisotopic (exact) mass is 1240 g/mol. The number of carbonyl (C=O) groups excluding carboxylic acids is 5. The number of ether oxygens (including phenoxy) is 12. The Morgan fingerprint density at radius 1 is 0.682 bits per heavy atom. The highest BCUT2D eigenvalue weighted by Gasteiger charge is 2.55. The van der Waals surface area contributed by atoms with Gasteiger partial charge in [-0.05, 0) is 86.8 Å². The Morgan fingerprint density at radius 2 is 1.23 bits per heavy atom. The van der Waals surface area contributed by atoms with Crippen molar-refractivity contribution in [3.8, 4) is 17.2 Å². The molecular weight excluding hydrogens is 1170 g/mol. The van der Waals surface area contributed by atoms with E-state index in [1.54, 1.807) is 101 Å². The van der Waals surface area contributed by atoms with Crippen molar-refractivity contribution in [2.75, 3.05) is 59.6 Å². The van der Waals surface area contributed by atoms with Crippen LogP contribution in [0.2, 0.25) is 0 Å². The van der Waals surface area contributed by atoms with E-state index in [9.17, 15) is 24.0 Å². The van der Waals surface area contributed by atoms with Crippen LogP contribution < -0.4 is 25.6 Å². The first kappa shape index (κ1) is 67.9. The van der Waals surface area contributed by atoms with Gasteiger partial charge in [0.05, 0.1) is 40.6 Å². The average Bonchev–Trinajstić information content (AvgIpc) is 1.47. The predicted molar refractivity (Wildman–Crippen MR) is 315 cm³/mol. The van der Waals surface area contributed by atoms with Crippen LogP contribution in [0.1, 0.15) is 84.7 Å². The highest BCUT2D eigenvalue weighted by molar-refractivity contribution is 7.51. The molecule has 2 unspecified atom stereocenters. The molecule has 2 fully saturated rings. The molecule has 25 nitrogen and oxygen atoms in total. The molecule has 88 heavy (non-hydrogen) atoms. The Morgan fingerprint density at radius 3 is 1.77 bits per heavy atom. The molecule has 3 heterocycles. The van der Waals surface area contributed by atoms with E-state index in [4.69, 9.17) is 71.6 Å². The number of aromatic nitrogens is 2. The number of carbonyl (C=O) groups is 5. The SMILES string of the molecule is COc1ccc(C(OC(C(=O)COc2ccccc2)[C@H]2O[C@@H](n3ccc(N)nc3=O)C[C@@H]2OP(=O)(OCCOCCO[C@@H]2O[C@H](COC(C)=O)[C@@H](OC(C)=O)[C@H](OC(C)=O)[C@H]2OC(C)=O)N(C(C)C)C(C)C)(c2ccccc2)c2ccc(OC)cc2)cc1. The fourth-order valence-corrected chi connectivity index (χ4v) is 12.8. The van der Waals surface area contributed by atoms with E-state index in [1.165, 1.54) is 16.8 Å². The number of hydrogen-bond donors (Lipinski definition) is 1. The van der Waals surface area contributed by atoms with Gasteiger partial charge in [0.15, 0.2) is 30.7 Å². The van der Waals surface area contributed by atoms with E-state index >= 15 is 9.36 Å². The molecule has 2 saturated heterocycles. The zero-order valence-electron chi connectivity index (χ0n) is 50.8. The number of benzene rings is 4. The van der Waals surface area contributed by atoms with Crippen molar-refractivity contribution in [2.24, 2.45) is 0 Å². The van der Waals surface area contributed by atoms with E-state index in [-0.39, 0.29) is 38.7 Å². The van der Waals surface area contributed by atoms with Crippen LogP contribution >= 0.6 is 7.75 Å². The molecule has 0 spiro atoms. The molecule has 476 valence electrons. The smallest absolute Gasteiger partial charge is 0.409 e. The number of methoxy groups -OCH3 is 2. The molecule has 2 aliphatic heterocycles. The Bertz CT molecular complexity index is 3150. The van der Waals surface area contributed by atoms with Crippen molar-refractivity contribution >= 4 is 43.2 Å². The van der Waals surface area contributed by atoms with Crippen LogP contribution in [0.4, 0.5) is 5.82 Å². The number of esters is 4. The summed E-state index contributed by atoms with van der Waals surface area (Å²) in [7, 11) is -1.50. The molecule has 2 aliphatic rings. The summed E-state index contributed by atoms with van der Waals surface area (Å²) in [4.78, 5) is 82.2. The van der Waals surface area contributed by atoms with Crippen LogP contribution in [-0.2, 0) is 85.8 Å². The summed E-state index contributed by atoms with van der Waals surface area (Å²) in [5, 5.41) is 0. The van der Waals surface area contributed by atoms with Gasteiger partial charge in [-0.1, -0.05) is 72.8 Å². The van der Waals surface area contributed by atoms with Crippen molar-refractivity contribution < 1.29 is 94.4 Å². The Labute approximate surface area is 510 Å². The van der Waals surface area contributed by atoms with Gasteiger partial charge in [-0.15, -0.1) is 0 Å². The fourth-order valence-electron chi connectivity index (χ4n) is 10.5. The van der Waals surface area contributed by atoms with Crippen molar-refractivity contribution in [3.05, 3.63) is 149 Å². The average molecular weight is 1250 g/mol. The van der Waals surface area contributed by atoms with Crippen LogP contribution in [0.5, 0.6) is 17.2 Å². The molecule has 0 aliphatic carbocycles. The first-order chi connectivity index (χ1) is 42.1. The highest BCUT2D eigenvalue weighted by atomic mass is 31.2. The minimum absolute atomic E-state index is 0.0541. The molecule has 2 N–H and O–H groups in total. The summed E-state index contributed by atoms with van der Waals surface area (Å²) in [6.45, 7) is 9.66. The summed E-state index contributed by atoms with van der Waals surface area (Å²) in [5.74, 6) is -2.33. The molecule has 0 bridgehead atoms. The van der Waals surface area contributed by atoms with Crippen LogP contribution in [-0.4, -0.2) is 159 Å². The lowest BCUT2D eigenvalue weighted by atomic mass is 9.79. The lowest BCUT2D eigenvalue weighted by Crippen LogP contribution is -2.63. The first-order valence-corrected chi connectivity index (χ1v) is 30.0. The summed E-state index contributed by atoms with van der Waals surface area (Å²) in [6.07, 6.45) is -11.6. The third kappa shape index (κ3) is 17.4. The number of Topliss-reactive ketones (excluding diaryl/α,β-unsaturated/α-hetero) is 1. The minimum atomic E-state index is -4.59. The maximum atomic E-state index is 16.1. The number of nitrogens with two attached hydrogens (primary N) is 1. The minimum Gasteiger partial charge on any atom is -0.497 e. The van der Waals surface area contributed by atoms with E-state index in [0.717, 1.165) is 27.7 Å².